The summed E-state index contributed by atoms with van der Waals surface area (Å²) in [4.78, 5) is 19.8. The summed E-state index contributed by atoms with van der Waals surface area (Å²) >= 11 is 2.99. The lowest BCUT2D eigenvalue weighted by molar-refractivity contribution is 0.219. The Bertz CT molecular complexity index is 882. The van der Waals surface area contributed by atoms with Crippen molar-refractivity contribution in [2.75, 3.05) is 25.5 Å². The first-order chi connectivity index (χ1) is 12.1. The molecule has 2 heterocycles. The Morgan fingerprint density at radius 1 is 1.20 bits per heavy atom. The molecule has 0 saturated carbocycles. The zero-order valence-electron chi connectivity index (χ0n) is 14.3. The average Bonchev–Trinajstić information content (AvgIpc) is 3.13. The molecule has 2 amide bonds. The normalized spacial score (nSPS) is 10.8. The molecule has 6 nitrogen and oxygen atoms in total. The maximum Gasteiger partial charge on any atom is 0.325 e. The Balaban J connectivity index is 1.65. The summed E-state index contributed by atoms with van der Waals surface area (Å²) in [6.45, 7) is 2.58. The van der Waals surface area contributed by atoms with Crippen LogP contribution in [-0.4, -0.2) is 46.8 Å². The molecule has 25 heavy (non-hydrogen) atoms. The van der Waals surface area contributed by atoms with Crippen LogP contribution in [0.25, 0.3) is 10.8 Å². The molecule has 0 N–H and O–H groups in total. The minimum atomic E-state index is -0.0913. The number of carbonyl (C=O) groups excluding carboxylic acids is 1. The molecule has 1 aromatic carbocycles. The number of urea groups is 1. The summed E-state index contributed by atoms with van der Waals surface area (Å²) in [7, 11) is 3.48. The standard InChI is InChI=1S/C17H19N5OS2/c1-4-21(2)17(23)22(3)15-19-20-16(25-15)24-11-14-9-12-7-5-6-8-13(12)10-18-14/h5-10H,4,11H2,1-3H3. The molecule has 0 radical (unpaired) electrons. The van der Waals surface area contributed by atoms with Crippen LogP contribution in [0.4, 0.5) is 9.93 Å². The highest BCUT2D eigenvalue weighted by Crippen LogP contribution is 2.30. The van der Waals surface area contributed by atoms with Crippen LogP contribution in [0.3, 0.4) is 0 Å². The fourth-order valence-electron chi connectivity index (χ4n) is 2.21. The van der Waals surface area contributed by atoms with E-state index in [4.69, 9.17) is 0 Å². The number of anilines is 1. The zero-order valence-corrected chi connectivity index (χ0v) is 16.0. The van der Waals surface area contributed by atoms with Gasteiger partial charge in [-0.15, -0.1) is 10.2 Å². The molecular formula is C17H19N5OS2. The largest absolute Gasteiger partial charge is 0.328 e. The molecule has 3 rings (SSSR count). The van der Waals surface area contributed by atoms with E-state index in [0.717, 1.165) is 15.4 Å². The van der Waals surface area contributed by atoms with Gasteiger partial charge in [-0.2, -0.15) is 0 Å². The molecule has 2 aromatic heterocycles. The highest BCUT2D eigenvalue weighted by Gasteiger charge is 2.18. The highest BCUT2D eigenvalue weighted by molar-refractivity contribution is 8.00. The van der Waals surface area contributed by atoms with Crippen LogP contribution in [-0.2, 0) is 5.75 Å². The van der Waals surface area contributed by atoms with Crippen LogP contribution >= 0.6 is 23.1 Å². The maximum atomic E-state index is 12.2. The predicted molar refractivity (Wildman–Crippen MR) is 103 cm³/mol. The number of carbonyl (C=O) groups is 1. The van der Waals surface area contributed by atoms with Crippen LogP contribution in [0.2, 0.25) is 0 Å². The number of nitrogens with zero attached hydrogens (tertiary/aromatic N) is 5. The Morgan fingerprint density at radius 2 is 1.96 bits per heavy atom. The fourth-order valence-corrected chi connectivity index (χ4v) is 3.91. The van der Waals surface area contributed by atoms with Crippen LogP contribution in [0, 0.1) is 0 Å². The van der Waals surface area contributed by atoms with Crippen molar-refractivity contribution in [2.45, 2.75) is 17.0 Å². The zero-order chi connectivity index (χ0) is 17.8. The van der Waals surface area contributed by atoms with Gasteiger partial charge in [0.15, 0.2) is 4.34 Å². The Labute approximate surface area is 154 Å². The molecule has 130 valence electrons. The van der Waals surface area contributed by atoms with Gasteiger partial charge in [-0.25, -0.2) is 4.79 Å². The first-order valence-corrected chi connectivity index (χ1v) is 9.67. The number of thioether (sulfide) groups is 1. The summed E-state index contributed by atoms with van der Waals surface area (Å²) in [6.07, 6.45) is 1.89. The third-order valence-corrected chi connectivity index (χ3v) is 5.97. The van der Waals surface area contributed by atoms with E-state index in [-0.39, 0.29) is 6.03 Å². The van der Waals surface area contributed by atoms with Crippen LogP contribution in [0.1, 0.15) is 12.6 Å². The van der Waals surface area contributed by atoms with Crippen LogP contribution < -0.4 is 4.90 Å². The number of hydrogen-bond donors (Lipinski definition) is 0. The van der Waals surface area contributed by atoms with Crippen LogP contribution in [0.15, 0.2) is 40.9 Å². The van der Waals surface area contributed by atoms with E-state index in [1.54, 1.807) is 30.8 Å². The van der Waals surface area contributed by atoms with Crippen molar-refractivity contribution >= 4 is 45.0 Å². The average molecular weight is 374 g/mol. The molecule has 0 bridgehead atoms. The van der Waals surface area contributed by atoms with E-state index in [1.807, 2.05) is 25.3 Å². The second-order valence-electron chi connectivity index (χ2n) is 5.52. The van der Waals surface area contributed by atoms with Gasteiger partial charge in [0.05, 0.1) is 5.69 Å². The van der Waals surface area contributed by atoms with Crippen molar-refractivity contribution in [3.8, 4) is 0 Å². The molecular weight excluding hydrogens is 354 g/mol. The second-order valence-corrected chi connectivity index (χ2v) is 7.70. The monoisotopic (exact) mass is 373 g/mol. The lowest BCUT2D eigenvalue weighted by Crippen LogP contribution is -2.38. The summed E-state index contributed by atoms with van der Waals surface area (Å²) in [6, 6.07) is 10.2. The highest BCUT2D eigenvalue weighted by atomic mass is 32.2. The van der Waals surface area contributed by atoms with Gasteiger partial charge in [-0.3, -0.25) is 9.88 Å². The van der Waals surface area contributed by atoms with Gasteiger partial charge < -0.3 is 4.90 Å². The number of aromatic nitrogens is 3. The third-order valence-electron chi connectivity index (χ3n) is 3.80. The van der Waals surface area contributed by atoms with Crippen molar-refractivity contribution in [3.63, 3.8) is 0 Å². The minimum Gasteiger partial charge on any atom is -0.328 e. The molecule has 0 spiro atoms. The van der Waals surface area contributed by atoms with E-state index in [0.29, 0.717) is 17.4 Å². The van der Waals surface area contributed by atoms with Crippen molar-refractivity contribution in [3.05, 3.63) is 42.2 Å². The van der Waals surface area contributed by atoms with Crippen molar-refractivity contribution in [2.24, 2.45) is 0 Å². The molecule has 0 atom stereocenters. The SMILES string of the molecule is CCN(C)C(=O)N(C)c1nnc(SCc2cc3ccccc3cn2)s1. The first-order valence-electron chi connectivity index (χ1n) is 7.87. The van der Waals surface area contributed by atoms with Crippen molar-refractivity contribution in [1.82, 2.24) is 20.1 Å². The summed E-state index contributed by atoms with van der Waals surface area (Å²) in [5.41, 5.74) is 0.996. The molecule has 3 aromatic rings. The third kappa shape index (κ3) is 4.08. The summed E-state index contributed by atoms with van der Waals surface area (Å²) in [5.74, 6) is 0.714. The lowest BCUT2D eigenvalue weighted by Gasteiger charge is -2.20. The Kier molecular flexibility index (Phi) is 5.50. The number of rotatable bonds is 5. The van der Waals surface area contributed by atoms with E-state index in [2.05, 4.69) is 33.4 Å². The minimum absolute atomic E-state index is 0.0913. The van der Waals surface area contributed by atoms with Gasteiger partial charge in [0.2, 0.25) is 5.13 Å². The molecule has 0 aliphatic carbocycles. The fraction of sp³-hybridized carbons (Fsp3) is 0.294. The van der Waals surface area contributed by atoms with Crippen molar-refractivity contribution < 1.29 is 4.79 Å². The van der Waals surface area contributed by atoms with Gasteiger partial charge in [0.1, 0.15) is 0 Å². The van der Waals surface area contributed by atoms with E-state index < -0.39 is 0 Å². The summed E-state index contributed by atoms with van der Waals surface area (Å²) < 4.78 is 0.823. The topological polar surface area (TPSA) is 62.2 Å². The lowest BCUT2D eigenvalue weighted by atomic mass is 10.1. The van der Waals surface area contributed by atoms with Crippen molar-refractivity contribution in [1.29, 1.82) is 0 Å². The number of amides is 2. The number of pyridine rings is 1. The van der Waals surface area contributed by atoms with Crippen LogP contribution in [0.5, 0.6) is 0 Å². The first kappa shape index (κ1) is 17.6. The smallest absolute Gasteiger partial charge is 0.325 e. The summed E-state index contributed by atoms with van der Waals surface area (Å²) in [5, 5.41) is 11.2. The maximum absolute atomic E-state index is 12.2. The number of hydrogen-bond acceptors (Lipinski definition) is 6. The van der Waals surface area contributed by atoms with E-state index >= 15 is 0 Å². The Morgan fingerprint density at radius 3 is 2.72 bits per heavy atom. The van der Waals surface area contributed by atoms with E-state index in [9.17, 15) is 4.79 Å². The predicted octanol–water partition coefficient (Wildman–Crippen LogP) is 3.89. The van der Waals surface area contributed by atoms with Gasteiger partial charge in [0, 0.05) is 38.0 Å². The van der Waals surface area contributed by atoms with Gasteiger partial charge in [-0.1, -0.05) is 47.4 Å². The quantitative estimate of drug-likeness (QED) is 0.502. The van der Waals surface area contributed by atoms with Gasteiger partial charge in [0.25, 0.3) is 0 Å². The molecule has 0 fully saturated rings. The Hall–Kier alpha value is -2.19. The molecule has 0 aliphatic rings. The van der Waals surface area contributed by atoms with Gasteiger partial charge in [-0.05, 0) is 18.4 Å². The van der Waals surface area contributed by atoms with E-state index in [1.165, 1.54) is 21.6 Å². The molecule has 0 unspecified atom stereocenters. The molecule has 0 aliphatic heterocycles. The second kappa shape index (κ2) is 7.79. The molecule has 0 saturated heterocycles. The number of fused-ring (bicyclic) bond motifs is 1. The molecule has 8 heteroatoms. The van der Waals surface area contributed by atoms with Gasteiger partial charge >= 0.3 is 6.03 Å². The number of benzene rings is 1.